The van der Waals surface area contributed by atoms with E-state index in [-0.39, 0.29) is 36.5 Å². The normalized spacial score (nSPS) is 11.3. The molecular formula is C32H45NO7. The molecule has 0 radical (unpaired) electrons. The van der Waals surface area contributed by atoms with Crippen molar-refractivity contribution >= 4 is 12.6 Å². The number of aryl methyl sites for hydroxylation is 2. The molecule has 1 heterocycles. The fraction of sp³-hybridized carbons (Fsp3) is 0.406. The SMILES string of the molecule is CC(C=O)CO.CC(C=O)Cc1ccc(O)cc1.CCCc1ccc(O)cc1.CCc1c(CO)cnc(C)c1O. The predicted molar refractivity (Wildman–Crippen MR) is 157 cm³/mol. The molecule has 0 bridgehead atoms. The first kappa shape index (κ1) is 36.2. The molecule has 1 aromatic heterocycles. The zero-order chi connectivity index (χ0) is 30.5. The van der Waals surface area contributed by atoms with Crippen LogP contribution in [0.25, 0.3) is 0 Å². The minimum absolute atomic E-state index is 0.0382. The maximum absolute atomic E-state index is 10.3. The second kappa shape index (κ2) is 21.1. The lowest BCUT2D eigenvalue weighted by Gasteiger charge is -2.08. The number of phenols is 2. The van der Waals surface area contributed by atoms with Crippen LogP contribution >= 0.6 is 0 Å². The molecule has 0 aliphatic carbocycles. The van der Waals surface area contributed by atoms with Crippen molar-refractivity contribution in [2.24, 2.45) is 11.8 Å². The molecule has 2 aromatic carbocycles. The minimum Gasteiger partial charge on any atom is -0.508 e. The Bertz CT molecular complexity index is 1100. The number of benzene rings is 2. The molecule has 0 aliphatic heterocycles. The number of carbonyl (C=O) groups is 2. The van der Waals surface area contributed by atoms with Gasteiger partial charge in [-0.2, -0.15) is 0 Å². The predicted octanol–water partition coefficient (Wildman–Crippen LogP) is 5.08. The summed E-state index contributed by atoms with van der Waals surface area (Å²) in [6.45, 7) is 9.26. The number of phenolic OH excluding ortho intramolecular Hbond substituents is 2. The van der Waals surface area contributed by atoms with E-state index in [9.17, 15) is 14.7 Å². The second-order valence-electron chi connectivity index (χ2n) is 9.40. The zero-order valence-corrected chi connectivity index (χ0v) is 24.2. The van der Waals surface area contributed by atoms with Crippen LogP contribution in [0.3, 0.4) is 0 Å². The van der Waals surface area contributed by atoms with Gasteiger partial charge in [-0.1, -0.05) is 58.4 Å². The molecule has 0 saturated heterocycles. The van der Waals surface area contributed by atoms with Crippen molar-refractivity contribution < 1.29 is 35.1 Å². The van der Waals surface area contributed by atoms with E-state index >= 15 is 0 Å². The molecule has 0 saturated carbocycles. The van der Waals surface area contributed by atoms with E-state index in [1.54, 1.807) is 44.3 Å². The highest BCUT2D eigenvalue weighted by Crippen LogP contribution is 2.23. The smallest absolute Gasteiger partial charge is 0.140 e. The second-order valence-corrected chi connectivity index (χ2v) is 9.40. The van der Waals surface area contributed by atoms with Crippen LogP contribution in [0.2, 0.25) is 0 Å². The minimum atomic E-state index is -0.190. The standard InChI is InChI=1S/C10H12O2.C9H13NO2.C9H12O.C4H8O2/c1-8(7-11)6-9-2-4-10(12)5-3-9;1-3-8-7(5-11)4-10-6(2)9(8)12;1-2-3-8-4-6-9(10)7-5-8;1-4(2-5)3-6/h2-5,7-8,12H,6H2,1H3;4,11-12H,3,5H2,1-2H3;4-7,10H,2-3H2,1H3;2,4,6H,3H2,1H3. The van der Waals surface area contributed by atoms with Gasteiger partial charge in [0.05, 0.1) is 18.9 Å². The molecule has 2 atom stereocenters. The number of aromatic hydroxyl groups is 3. The molecule has 0 aliphatic rings. The lowest BCUT2D eigenvalue weighted by Crippen LogP contribution is -1.99. The van der Waals surface area contributed by atoms with Crippen molar-refractivity contribution in [3.63, 3.8) is 0 Å². The van der Waals surface area contributed by atoms with Crippen LogP contribution in [0.15, 0.2) is 54.7 Å². The van der Waals surface area contributed by atoms with Gasteiger partial charge < -0.3 is 35.1 Å². The molecule has 0 amide bonds. The van der Waals surface area contributed by atoms with E-state index in [2.05, 4.69) is 11.9 Å². The molecule has 5 N–H and O–H groups in total. The Morgan fingerprint density at radius 3 is 1.68 bits per heavy atom. The summed E-state index contributed by atoms with van der Waals surface area (Å²) in [5.74, 6) is 0.681. The Kier molecular flexibility index (Phi) is 19.1. The monoisotopic (exact) mass is 555 g/mol. The van der Waals surface area contributed by atoms with Crippen LogP contribution in [0.4, 0.5) is 0 Å². The van der Waals surface area contributed by atoms with Gasteiger partial charge in [0.25, 0.3) is 0 Å². The average Bonchev–Trinajstić information content (AvgIpc) is 2.97. The van der Waals surface area contributed by atoms with Crippen molar-refractivity contribution in [1.29, 1.82) is 0 Å². The number of carbonyl (C=O) groups excluding carboxylic acids is 2. The Morgan fingerprint density at radius 2 is 1.30 bits per heavy atom. The molecular weight excluding hydrogens is 510 g/mol. The Balaban J connectivity index is 0.000000522. The number of nitrogens with zero attached hydrogens (tertiary/aromatic N) is 1. The van der Waals surface area contributed by atoms with Gasteiger partial charge in [0.2, 0.25) is 0 Å². The van der Waals surface area contributed by atoms with Crippen molar-refractivity contribution in [2.45, 2.75) is 66.9 Å². The summed E-state index contributed by atoms with van der Waals surface area (Å²) in [6, 6.07) is 14.3. The van der Waals surface area contributed by atoms with Crippen LogP contribution < -0.4 is 0 Å². The summed E-state index contributed by atoms with van der Waals surface area (Å²) in [5.41, 5.74) is 4.49. The van der Waals surface area contributed by atoms with Crippen molar-refractivity contribution in [3.8, 4) is 17.2 Å². The highest BCUT2D eigenvalue weighted by Gasteiger charge is 2.08. The summed E-state index contributed by atoms with van der Waals surface area (Å²) in [4.78, 5) is 23.9. The molecule has 40 heavy (non-hydrogen) atoms. The number of aliphatic hydroxyl groups excluding tert-OH is 2. The Hall–Kier alpha value is -3.75. The number of rotatable bonds is 9. The summed E-state index contributed by atoms with van der Waals surface area (Å²) in [7, 11) is 0. The summed E-state index contributed by atoms with van der Waals surface area (Å²) >= 11 is 0. The number of aldehydes is 2. The fourth-order valence-corrected chi connectivity index (χ4v) is 3.26. The van der Waals surface area contributed by atoms with E-state index < -0.39 is 0 Å². The van der Waals surface area contributed by atoms with Gasteiger partial charge in [-0.15, -0.1) is 0 Å². The van der Waals surface area contributed by atoms with Gasteiger partial charge in [-0.05, 0) is 61.6 Å². The first-order valence-corrected chi connectivity index (χ1v) is 13.4. The van der Waals surface area contributed by atoms with Crippen molar-refractivity contribution in [2.75, 3.05) is 6.61 Å². The molecule has 2 unspecified atom stereocenters. The van der Waals surface area contributed by atoms with E-state index in [4.69, 9.17) is 20.4 Å². The van der Waals surface area contributed by atoms with Gasteiger partial charge >= 0.3 is 0 Å². The first-order chi connectivity index (χ1) is 19.1. The van der Waals surface area contributed by atoms with Crippen LogP contribution in [-0.4, -0.2) is 49.7 Å². The maximum Gasteiger partial charge on any atom is 0.140 e. The lowest BCUT2D eigenvalue weighted by molar-refractivity contribution is -0.112. The summed E-state index contributed by atoms with van der Waals surface area (Å²) in [5, 5.41) is 44.5. The van der Waals surface area contributed by atoms with Crippen LogP contribution in [0, 0.1) is 18.8 Å². The Labute approximate surface area is 238 Å². The van der Waals surface area contributed by atoms with Crippen LogP contribution in [0.1, 0.15) is 62.1 Å². The van der Waals surface area contributed by atoms with Gasteiger partial charge in [-0.25, -0.2) is 0 Å². The molecule has 220 valence electrons. The highest BCUT2D eigenvalue weighted by atomic mass is 16.3. The number of aliphatic hydroxyl groups is 2. The zero-order valence-electron chi connectivity index (χ0n) is 24.2. The topological polar surface area (TPSA) is 148 Å². The molecule has 0 spiro atoms. The third-order valence-corrected chi connectivity index (χ3v) is 5.68. The largest absolute Gasteiger partial charge is 0.508 e. The third kappa shape index (κ3) is 15.0. The number of hydrogen-bond donors (Lipinski definition) is 5. The van der Waals surface area contributed by atoms with Crippen LogP contribution in [-0.2, 0) is 35.5 Å². The highest BCUT2D eigenvalue weighted by molar-refractivity contribution is 5.53. The first-order valence-electron chi connectivity index (χ1n) is 13.4. The van der Waals surface area contributed by atoms with Gasteiger partial charge in [0.1, 0.15) is 29.8 Å². The quantitative estimate of drug-likeness (QED) is 0.230. The third-order valence-electron chi connectivity index (χ3n) is 5.68. The number of aromatic nitrogens is 1. The Morgan fingerprint density at radius 1 is 0.800 bits per heavy atom. The average molecular weight is 556 g/mol. The lowest BCUT2D eigenvalue weighted by atomic mass is 10.0. The van der Waals surface area contributed by atoms with E-state index in [0.29, 0.717) is 23.4 Å². The number of hydrogen-bond acceptors (Lipinski definition) is 8. The molecule has 0 fully saturated rings. The number of pyridine rings is 1. The fourth-order valence-electron chi connectivity index (χ4n) is 3.26. The van der Waals surface area contributed by atoms with Gasteiger partial charge in [-0.3, -0.25) is 4.98 Å². The molecule has 8 nitrogen and oxygen atoms in total. The molecule has 3 aromatic rings. The molecule has 8 heteroatoms. The van der Waals surface area contributed by atoms with E-state index in [0.717, 1.165) is 43.0 Å². The molecule has 3 rings (SSSR count). The van der Waals surface area contributed by atoms with E-state index in [1.807, 2.05) is 38.1 Å². The van der Waals surface area contributed by atoms with Gasteiger partial charge in [0.15, 0.2) is 0 Å². The van der Waals surface area contributed by atoms with Crippen molar-refractivity contribution in [3.05, 3.63) is 82.7 Å². The van der Waals surface area contributed by atoms with Gasteiger partial charge in [0, 0.05) is 29.2 Å². The summed E-state index contributed by atoms with van der Waals surface area (Å²) < 4.78 is 0. The van der Waals surface area contributed by atoms with E-state index in [1.165, 1.54) is 5.56 Å². The summed E-state index contributed by atoms with van der Waals surface area (Å²) in [6.07, 6.45) is 6.97. The van der Waals surface area contributed by atoms with Crippen molar-refractivity contribution in [1.82, 2.24) is 4.98 Å². The van der Waals surface area contributed by atoms with Crippen LogP contribution in [0.5, 0.6) is 17.2 Å². The maximum atomic E-state index is 10.3.